The van der Waals surface area contributed by atoms with Crippen LogP contribution in [0.5, 0.6) is 0 Å². The van der Waals surface area contributed by atoms with Crippen molar-refractivity contribution in [3.8, 4) is 0 Å². The highest BCUT2D eigenvalue weighted by Gasteiger charge is 2.22. The highest BCUT2D eigenvalue weighted by atomic mass is 35.5. The molecule has 0 aliphatic rings. The molecule has 4 nitrogen and oxygen atoms in total. The van der Waals surface area contributed by atoms with Crippen LogP contribution in [0.15, 0.2) is 0 Å². The first-order valence-corrected chi connectivity index (χ1v) is 5.83. The Morgan fingerprint density at radius 1 is 1.25 bits per heavy atom. The second kappa shape index (κ2) is 6.87. The van der Waals surface area contributed by atoms with E-state index in [9.17, 15) is 4.57 Å². The van der Waals surface area contributed by atoms with Crippen LogP contribution in [0.25, 0.3) is 0 Å². The molecule has 0 N–H and O–H groups in total. The number of halogens is 1. The lowest BCUT2D eigenvalue weighted by molar-refractivity contribution is 0.214. The van der Waals surface area contributed by atoms with Crippen molar-refractivity contribution in [1.82, 2.24) is 0 Å². The van der Waals surface area contributed by atoms with Crippen LogP contribution in [-0.2, 0) is 17.9 Å². The zero-order chi connectivity index (χ0) is 9.45. The molecule has 0 radical (unpaired) electrons. The molecule has 0 saturated heterocycles. The maximum Gasteiger partial charge on any atom is 0.333 e. The molecule has 12 heavy (non-hydrogen) atoms. The number of hydrogen-bond acceptors (Lipinski definition) is 4. The zero-order valence-electron chi connectivity index (χ0n) is 7.29. The SMILES string of the molecule is CCOP(=O)(CCOCl)OCC. The maximum atomic E-state index is 11.6. The third kappa shape index (κ3) is 5.12. The van der Waals surface area contributed by atoms with Gasteiger partial charge in [0.15, 0.2) is 0 Å². The first kappa shape index (κ1) is 12.4. The van der Waals surface area contributed by atoms with Crippen molar-refractivity contribution in [3.05, 3.63) is 0 Å². The zero-order valence-corrected chi connectivity index (χ0v) is 8.94. The van der Waals surface area contributed by atoms with E-state index in [1.807, 2.05) is 0 Å². The summed E-state index contributed by atoms with van der Waals surface area (Å²) in [4.78, 5) is 0. The van der Waals surface area contributed by atoms with Gasteiger partial charge in [-0.3, -0.25) is 8.85 Å². The van der Waals surface area contributed by atoms with Crippen LogP contribution < -0.4 is 0 Å². The summed E-state index contributed by atoms with van der Waals surface area (Å²) < 4.78 is 25.8. The molecule has 0 saturated carbocycles. The summed E-state index contributed by atoms with van der Waals surface area (Å²) in [5, 5.41) is 0. The average molecular weight is 217 g/mol. The van der Waals surface area contributed by atoms with Crippen LogP contribution in [0.1, 0.15) is 13.8 Å². The first-order valence-electron chi connectivity index (χ1n) is 3.80. The molecule has 0 aromatic carbocycles. The van der Waals surface area contributed by atoms with Gasteiger partial charge in [0.05, 0.1) is 37.8 Å². The first-order chi connectivity index (χ1) is 5.68. The quantitative estimate of drug-likeness (QED) is 0.613. The summed E-state index contributed by atoms with van der Waals surface area (Å²) in [6.45, 7) is 4.40. The second-order valence-electron chi connectivity index (χ2n) is 1.98. The van der Waals surface area contributed by atoms with E-state index in [1.165, 1.54) is 0 Å². The van der Waals surface area contributed by atoms with Gasteiger partial charge in [-0.15, -0.1) is 0 Å². The molecule has 0 aliphatic carbocycles. The minimum Gasteiger partial charge on any atom is -0.309 e. The molecular weight excluding hydrogens is 202 g/mol. The second-order valence-corrected chi connectivity index (χ2v) is 4.39. The van der Waals surface area contributed by atoms with Gasteiger partial charge in [0, 0.05) is 0 Å². The smallest absolute Gasteiger partial charge is 0.309 e. The van der Waals surface area contributed by atoms with Crippen molar-refractivity contribution in [2.24, 2.45) is 0 Å². The maximum absolute atomic E-state index is 11.6. The summed E-state index contributed by atoms with van der Waals surface area (Å²) in [5.41, 5.74) is 0. The summed E-state index contributed by atoms with van der Waals surface area (Å²) in [6.07, 6.45) is 0.193. The monoisotopic (exact) mass is 216 g/mol. The van der Waals surface area contributed by atoms with Gasteiger partial charge in [0.2, 0.25) is 0 Å². The van der Waals surface area contributed by atoms with Gasteiger partial charge < -0.3 is 9.05 Å². The summed E-state index contributed by atoms with van der Waals surface area (Å²) in [5.74, 6) is 0. The van der Waals surface area contributed by atoms with Gasteiger partial charge >= 0.3 is 7.60 Å². The molecule has 0 spiro atoms. The van der Waals surface area contributed by atoms with E-state index in [2.05, 4.69) is 4.29 Å². The van der Waals surface area contributed by atoms with Gasteiger partial charge in [-0.25, -0.2) is 0 Å². The van der Waals surface area contributed by atoms with E-state index in [4.69, 9.17) is 20.9 Å². The van der Waals surface area contributed by atoms with Crippen molar-refractivity contribution in [2.45, 2.75) is 13.8 Å². The van der Waals surface area contributed by atoms with Crippen LogP contribution in [-0.4, -0.2) is 26.0 Å². The molecule has 0 rings (SSSR count). The summed E-state index contributed by atoms with van der Waals surface area (Å²) >= 11 is 4.98. The van der Waals surface area contributed by atoms with Crippen LogP contribution in [0.3, 0.4) is 0 Å². The van der Waals surface area contributed by atoms with Crippen molar-refractivity contribution in [3.63, 3.8) is 0 Å². The minimum absolute atomic E-state index is 0.166. The molecule has 74 valence electrons. The van der Waals surface area contributed by atoms with Crippen molar-refractivity contribution < 1.29 is 17.9 Å². The fourth-order valence-electron chi connectivity index (χ4n) is 0.706. The Bertz CT molecular complexity index is 142. The largest absolute Gasteiger partial charge is 0.333 e. The van der Waals surface area contributed by atoms with E-state index in [-0.39, 0.29) is 12.8 Å². The van der Waals surface area contributed by atoms with E-state index >= 15 is 0 Å². The topological polar surface area (TPSA) is 44.8 Å². The third-order valence-corrected chi connectivity index (χ3v) is 3.28. The molecule has 0 aliphatic heterocycles. The van der Waals surface area contributed by atoms with Crippen LogP contribution in [0, 0.1) is 0 Å². The lowest BCUT2D eigenvalue weighted by Crippen LogP contribution is -2.03. The summed E-state index contributed by atoms with van der Waals surface area (Å²) in [7, 11) is -2.95. The molecule has 0 aromatic rings. The van der Waals surface area contributed by atoms with Gasteiger partial charge in [0.25, 0.3) is 0 Å². The van der Waals surface area contributed by atoms with E-state index in [0.717, 1.165) is 0 Å². The Morgan fingerprint density at radius 3 is 2.08 bits per heavy atom. The van der Waals surface area contributed by atoms with Crippen LogP contribution >= 0.6 is 19.5 Å². The lowest BCUT2D eigenvalue weighted by atomic mass is 10.9. The number of rotatable bonds is 7. The predicted molar refractivity (Wildman–Crippen MR) is 47.5 cm³/mol. The van der Waals surface area contributed by atoms with E-state index < -0.39 is 7.60 Å². The standard InChI is InChI=1S/C6H14ClO4P/c1-3-10-12(8,11-4-2)6-5-9-7/h3-6H2,1-2H3. The van der Waals surface area contributed by atoms with Gasteiger partial charge in [0.1, 0.15) is 0 Å². The Hall–Kier alpha value is 0.400. The highest BCUT2D eigenvalue weighted by Crippen LogP contribution is 2.47. The highest BCUT2D eigenvalue weighted by molar-refractivity contribution is 7.53. The predicted octanol–water partition coefficient (Wildman–Crippen LogP) is 2.42. The molecule has 0 unspecified atom stereocenters. The molecule has 0 heterocycles. The third-order valence-electron chi connectivity index (χ3n) is 1.09. The Labute approximate surface area is 77.8 Å². The molecule has 0 aromatic heterocycles. The minimum atomic E-state index is -2.95. The fraction of sp³-hybridized carbons (Fsp3) is 1.00. The average Bonchev–Trinajstić information content (AvgIpc) is 2.02. The normalized spacial score (nSPS) is 11.9. The summed E-state index contributed by atoms with van der Waals surface area (Å²) in [6, 6.07) is 0. The molecule has 0 bridgehead atoms. The van der Waals surface area contributed by atoms with Crippen molar-refractivity contribution in [1.29, 1.82) is 0 Å². The molecular formula is C6H14ClO4P. The number of hydrogen-bond donors (Lipinski definition) is 0. The Kier molecular flexibility index (Phi) is 7.10. The van der Waals surface area contributed by atoms with Crippen molar-refractivity contribution in [2.75, 3.05) is 26.0 Å². The molecule has 0 amide bonds. The van der Waals surface area contributed by atoms with E-state index in [1.54, 1.807) is 13.8 Å². The van der Waals surface area contributed by atoms with Gasteiger partial charge in [-0.2, -0.15) is 0 Å². The van der Waals surface area contributed by atoms with Crippen molar-refractivity contribution >= 4 is 19.5 Å². The molecule has 0 atom stereocenters. The molecule has 6 heteroatoms. The lowest BCUT2D eigenvalue weighted by Gasteiger charge is -2.15. The van der Waals surface area contributed by atoms with Gasteiger partial charge in [-0.1, -0.05) is 0 Å². The Morgan fingerprint density at radius 2 is 1.75 bits per heavy atom. The van der Waals surface area contributed by atoms with E-state index in [0.29, 0.717) is 13.2 Å². The van der Waals surface area contributed by atoms with Crippen LogP contribution in [0.2, 0.25) is 0 Å². The Balaban J connectivity index is 3.90. The van der Waals surface area contributed by atoms with Gasteiger partial charge in [-0.05, 0) is 13.8 Å². The fourth-order valence-corrected chi connectivity index (χ4v) is 2.33. The van der Waals surface area contributed by atoms with Crippen LogP contribution in [0.4, 0.5) is 0 Å². The molecule has 0 fully saturated rings.